The molecule has 1 amide bonds. The van der Waals surface area contributed by atoms with E-state index >= 15 is 0 Å². The van der Waals surface area contributed by atoms with E-state index in [1.807, 2.05) is 44.2 Å². The van der Waals surface area contributed by atoms with Crippen LogP contribution in [0.25, 0.3) is 0 Å². The van der Waals surface area contributed by atoms with Crippen molar-refractivity contribution in [2.24, 2.45) is 0 Å². The third-order valence-electron chi connectivity index (χ3n) is 2.69. The summed E-state index contributed by atoms with van der Waals surface area (Å²) in [6, 6.07) is 9.97. The fourth-order valence-electron chi connectivity index (χ4n) is 2.03. The molecule has 1 N–H and O–H groups in total. The van der Waals surface area contributed by atoms with Gasteiger partial charge in [0.15, 0.2) is 0 Å². The van der Waals surface area contributed by atoms with Crippen LogP contribution in [0.3, 0.4) is 0 Å². The monoisotopic (exact) mass is 219 g/mol. The number of nitrogens with one attached hydrogen (secondary N) is 1. The molecule has 0 radical (unpaired) electrons. The second kappa shape index (κ2) is 5.15. The van der Waals surface area contributed by atoms with Crippen molar-refractivity contribution in [3.05, 3.63) is 35.9 Å². The molecule has 0 saturated carbocycles. The van der Waals surface area contributed by atoms with Gasteiger partial charge in [0.25, 0.3) is 0 Å². The molecule has 88 valence electrons. The van der Waals surface area contributed by atoms with E-state index in [0.717, 1.165) is 12.0 Å². The summed E-state index contributed by atoms with van der Waals surface area (Å²) in [7, 11) is 0. The van der Waals surface area contributed by atoms with Crippen LogP contribution in [0.15, 0.2) is 30.3 Å². The minimum absolute atomic E-state index is 0.0335. The first-order valence-electron chi connectivity index (χ1n) is 5.95. The smallest absolute Gasteiger partial charge is 0.228 e. The molecular weight excluding hydrogens is 198 g/mol. The van der Waals surface area contributed by atoms with Gasteiger partial charge in [0, 0.05) is 5.54 Å². The maximum Gasteiger partial charge on any atom is 0.228 e. The van der Waals surface area contributed by atoms with Gasteiger partial charge in [0.2, 0.25) is 5.91 Å². The number of carbonyl (C=O) groups excluding carboxylic acids is 1. The number of benzene rings is 1. The molecule has 16 heavy (non-hydrogen) atoms. The molecule has 1 unspecified atom stereocenters. The van der Waals surface area contributed by atoms with Crippen LogP contribution in [0, 0.1) is 0 Å². The van der Waals surface area contributed by atoms with Crippen LogP contribution in [0.2, 0.25) is 0 Å². The van der Waals surface area contributed by atoms with Crippen LogP contribution in [0.5, 0.6) is 0 Å². The van der Waals surface area contributed by atoms with Crippen molar-refractivity contribution >= 4 is 5.91 Å². The van der Waals surface area contributed by atoms with Crippen molar-refractivity contribution in [2.75, 3.05) is 0 Å². The topological polar surface area (TPSA) is 29.1 Å². The van der Waals surface area contributed by atoms with Gasteiger partial charge in [-0.05, 0) is 25.8 Å². The van der Waals surface area contributed by atoms with Gasteiger partial charge in [-0.1, -0.05) is 44.2 Å². The number of amides is 1. The predicted molar refractivity (Wildman–Crippen MR) is 67.4 cm³/mol. The van der Waals surface area contributed by atoms with Gasteiger partial charge in [-0.2, -0.15) is 0 Å². The quantitative estimate of drug-likeness (QED) is 0.772. The van der Waals surface area contributed by atoms with Crippen LogP contribution in [-0.2, 0) is 4.79 Å². The lowest BCUT2D eigenvalue weighted by Crippen LogP contribution is -2.34. The maximum atomic E-state index is 11.7. The molecule has 0 spiro atoms. The molecule has 1 heterocycles. The molecule has 1 atom stereocenters. The van der Waals surface area contributed by atoms with E-state index in [2.05, 4.69) is 19.2 Å². The van der Waals surface area contributed by atoms with Crippen molar-refractivity contribution in [3.8, 4) is 0 Å². The average Bonchev–Trinajstić information content (AvgIpc) is 2.56. The Morgan fingerprint density at radius 1 is 1.19 bits per heavy atom. The van der Waals surface area contributed by atoms with E-state index in [1.54, 1.807) is 0 Å². The molecule has 2 heteroatoms. The highest BCUT2D eigenvalue weighted by molar-refractivity contribution is 5.86. The minimum Gasteiger partial charge on any atom is -0.351 e. The van der Waals surface area contributed by atoms with Gasteiger partial charge in [0.1, 0.15) is 0 Å². The Morgan fingerprint density at radius 2 is 1.75 bits per heavy atom. The molecule has 2 rings (SSSR count). The molecule has 1 aromatic rings. The van der Waals surface area contributed by atoms with Crippen molar-refractivity contribution in [2.45, 2.75) is 45.6 Å². The lowest BCUT2D eigenvalue weighted by molar-refractivity contribution is -0.120. The fraction of sp³-hybridized carbons (Fsp3) is 0.500. The first-order chi connectivity index (χ1) is 7.58. The molecule has 1 fully saturated rings. The van der Waals surface area contributed by atoms with Crippen LogP contribution in [0.4, 0.5) is 0 Å². The van der Waals surface area contributed by atoms with Crippen LogP contribution >= 0.6 is 0 Å². The third-order valence-corrected chi connectivity index (χ3v) is 2.69. The van der Waals surface area contributed by atoms with E-state index in [0.29, 0.717) is 0 Å². The molecule has 0 aliphatic carbocycles. The standard InChI is InChI=1S/C12H15NO.C2H6/c1-12(2)8-10(11(14)13-12)9-6-4-3-5-7-9;1-2/h3-7,10H,8H2,1-2H3,(H,13,14);1-2H3. The summed E-state index contributed by atoms with van der Waals surface area (Å²) in [5, 5.41) is 3.00. The van der Waals surface area contributed by atoms with Gasteiger partial charge in [-0.3, -0.25) is 4.79 Å². The SMILES string of the molecule is CC.CC1(C)CC(c2ccccc2)C(=O)N1. The van der Waals surface area contributed by atoms with Gasteiger partial charge < -0.3 is 5.32 Å². The lowest BCUT2D eigenvalue weighted by atomic mass is 9.91. The predicted octanol–water partition coefficient (Wildman–Crippen LogP) is 3.09. The van der Waals surface area contributed by atoms with Gasteiger partial charge in [-0.15, -0.1) is 0 Å². The summed E-state index contributed by atoms with van der Waals surface area (Å²) >= 11 is 0. The second-order valence-corrected chi connectivity index (χ2v) is 4.54. The first-order valence-corrected chi connectivity index (χ1v) is 5.95. The Balaban J connectivity index is 0.000000606. The third kappa shape index (κ3) is 2.84. The highest BCUT2D eigenvalue weighted by Gasteiger charge is 2.37. The normalized spacial score (nSPS) is 22.0. The van der Waals surface area contributed by atoms with E-state index in [4.69, 9.17) is 0 Å². The summed E-state index contributed by atoms with van der Waals surface area (Å²) in [6.07, 6.45) is 0.885. The number of hydrogen-bond donors (Lipinski definition) is 1. The van der Waals surface area contributed by atoms with E-state index in [1.165, 1.54) is 0 Å². The van der Waals surface area contributed by atoms with E-state index in [-0.39, 0.29) is 17.4 Å². The first kappa shape index (κ1) is 12.8. The summed E-state index contributed by atoms with van der Waals surface area (Å²) in [5.41, 5.74) is 1.06. The molecule has 0 bridgehead atoms. The second-order valence-electron chi connectivity index (χ2n) is 4.54. The lowest BCUT2D eigenvalue weighted by Gasteiger charge is -2.16. The molecule has 0 aromatic heterocycles. The van der Waals surface area contributed by atoms with Crippen LogP contribution in [0.1, 0.15) is 45.6 Å². The Labute approximate surface area is 98.1 Å². The van der Waals surface area contributed by atoms with Crippen LogP contribution < -0.4 is 5.32 Å². The molecule has 2 nitrogen and oxygen atoms in total. The number of carbonyl (C=O) groups is 1. The highest BCUT2D eigenvalue weighted by atomic mass is 16.2. The zero-order valence-electron chi connectivity index (χ0n) is 10.6. The Hall–Kier alpha value is -1.31. The average molecular weight is 219 g/mol. The van der Waals surface area contributed by atoms with Crippen molar-refractivity contribution in [3.63, 3.8) is 0 Å². The molecule has 1 aliphatic heterocycles. The summed E-state index contributed by atoms with van der Waals surface area (Å²) in [5.74, 6) is 0.187. The summed E-state index contributed by atoms with van der Waals surface area (Å²) in [6.45, 7) is 8.13. The van der Waals surface area contributed by atoms with Crippen molar-refractivity contribution in [1.82, 2.24) is 5.32 Å². The Kier molecular flexibility index (Phi) is 4.11. The van der Waals surface area contributed by atoms with E-state index < -0.39 is 0 Å². The van der Waals surface area contributed by atoms with Crippen molar-refractivity contribution in [1.29, 1.82) is 0 Å². The molecule has 1 saturated heterocycles. The Bertz CT molecular complexity index is 343. The Morgan fingerprint density at radius 3 is 2.19 bits per heavy atom. The van der Waals surface area contributed by atoms with Gasteiger partial charge in [0.05, 0.1) is 5.92 Å². The molecule has 1 aromatic carbocycles. The van der Waals surface area contributed by atoms with Crippen molar-refractivity contribution < 1.29 is 4.79 Å². The molecular formula is C14H21NO. The van der Waals surface area contributed by atoms with Gasteiger partial charge in [-0.25, -0.2) is 0 Å². The summed E-state index contributed by atoms with van der Waals surface area (Å²) in [4.78, 5) is 11.7. The zero-order valence-corrected chi connectivity index (χ0v) is 10.6. The summed E-state index contributed by atoms with van der Waals surface area (Å²) < 4.78 is 0. The zero-order chi connectivity index (χ0) is 12.2. The minimum atomic E-state index is -0.0579. The maximum absolute atomic E-state index is 11.7. The number of rotatable bonds is 1. The fourth-order valence-corrected chi connectivity index (χ4v) is 2.03. The molecule has 1 aliphatic rings. The van der Waals surface area contributed by atoms with Gasteiger partial charge >= 0.3 is 0 Å². The highest BCUT2D eigenvalue weighted by Crippen LogP contribution is 2.32. The van der Waals surface area contributed by atoms with Crippen LogP contribution in [-0.4, -0.2) is 11.4 Å². The largest absolute Gasteiger partial charge is 0.351 e. The van der Waals surface area contributed by atoms with E-state index in [9.17, 15) is 4.79 Å². The number of hydrogen-bond acceptors (Lipinski definition) is 1.